The molecular weight excluding hydrogens is 739 g/mol. The van der Waals surface area contributed by atoms with Crippen molar-refractivity contribution in [2.24, 2.45) is 0 Å². The van der Waals surface area contributed by atoms with Crippen LogP contribution in [0.5, 0.6) is 0 Å². The molecule has 0 bridgehead atoms. The van der Waals surface area contributed by atoms with Crippen LogP contribution in [0.15, 0.2) is 12.2 Å². The number of hydrogen-bond acceptors (Lipinski definition) is 6. The van der Waals surface area contributed by atoms with Crippen molar-refractivity contribution in [3.63, 3.8) is 0 Å². The van der Waals surface area contributed by atoms with Crippen LogP contribution in [-0.2, 0) is 28.6 Å². The summed E-state index contributed by atoms with van der Waals surface area (Å²) in [5, 5.41) is 9.63. The lowest BCUT2D eigenvalue weighted by atomic mass is 10.0. The van der Waals surface area contributed by atoms with Gasteiger partial charge >= 0.3 is 17.9 Å². The average molecular weight is 837 g/mol. The number of rotatable bonds is 46. The van der Waals surface area contributed by atoms with Crippen molar-refractivity contribution in [1.82, 2.24) is 0 Å². The summed E-state index contributed by atoms with van der Waals surface area (Å²) in [6.07, 6.45) is 46.9. The van der Waals surface area contributed by atoms with Gasteiger partial charge < -0.3 is 23.8 Å². The Bertz CT molecular complexity index is 978. The molecule has 59 heavy (non-hydrogen) atoms. The van der Waals surface area contributed by atoms with Crippen LogP contribution >= 0.6 is 0 Å². The Morgan fingerprint density at radius 3 is 1.22 bits per heavy atom. The van der Waals surface area contributed by atoms with E-state index in [0.29, 0.717) is 19.3 Å². The van der Waals surface area contributed by atoms with Gasteiger partial charge in [-0.05, 0) is 38.5 Å². The highest BCUT2D eigenvalue weighted by Gasteiger charge is 2.31. The lowest BCUT2D eigenvalue weighted by Gasteiger charge is -2.31. The van der Waals surface area contributed by atoms with Gasteiger partial charge in [0.05, 0.1) is 34.4 Å². The molecule has 0 aliphatic heterocycles. The minimum Gasteiger partial charge on any atom is -0.477 e. The molecule has 8 heteroatoms. The van der Waals surface area contributed by atoms with Crippen molar-refractivity contribution in [1.29, 1.82) is 0 Å². The normalized spacial score (nSPS) is 12.9. The number of hydrogen-bond donors (Lipinski definition) is 1. The van der Waals surface area contributed by atoms with E-state index in [-0.39, 0.29) is 36.2 Å². The number of likely N-dealkylation sites (N-methyl/N-ethyl adjacent to an activating group) is 1. The van der Waals surface area contributed by atoms with E-state index in [2.05, 4.69) is 26.0 Å². The number of unbranched alkanes of at least 4 members (excludes halogenated alkanes) is 30. The number of ether oxygens (including phenoxy) is 3. The molecule has 2 atom stereocenters. The standard InChI is InChI=1S/C51H97NO7/c1-6-8-10-12-14-16-18-20-21-22-23-24-25-26-27-28-29-30-32-33-35-37-39-41-49(53)58-46-47(45-57-44-43-48(51(55)56)52(3,4)5)59-50(54)42-40-38-36-34-31-19-17-15-13-11-9-7-2/h26-27,47-48H,6-25,28-46H2,1-5H3/p+1/b27-26+. The van der Waals surface area contributed by atoms with Crippen molar-refractivity contribution >= 4 is 17.9 Å². The molecule has 0 radical (unpaired) electrons. The zero-order chi connectivity index (χ0) is 43.5. The molecule has 0 rings (SSSR count). The first kappa shape index (κ1) is 57.1. The van der Waals surface area contributed by atoms with Gasteiger partial charge in [-0.25, -0.2) is 4.79 Å². The number of carboxylic acids is 1. The summed E-state index contributed by atoms with van der Waals surface area (Å²) in [5.74, 6) is -1.45. The second kappa shape index (κ2) is 42.7. The van der Waals surface area contributed by atoms with Gasteiger partial charge in [-0.3, -0.25) is 9.59 Å². The van der Waals surface area contributed by atoms with E-state index < -0.39 is 18.1 Å². The Labute approximate surface area is 365 Å². The van der Waals surface area contributed by atoms with Gasteiger partial charge in [0.1, 0.15) is 6.61 Å². The molecule has 0 aliphatic rings. The molecule has 8 nitrogen and oxygen atoms in total. The van der Waals surface area contributed by atoms with Gasteiger partial charge in [-0.15, -0.1) is 0 Å². The minimum atomic E-state index is -0.872. The third kappa shape index (κ3) is 41.2. The van der Waals surface area contributed by atoms with E-state index in [1.54, 1.807) is 0 Å². The van der Waals surface area contributed by atoms with Crippen molar-refractivity contribution < 1.29 is 38.2 Å². The van der Waals surface area contributed by atoms with Crippen LogP contribution in [0.25, 0.3) is 0 Å². The third-order valence-electron chi connectivity index (χ3n) is 11.7. The lowest BCUT2D eigenvalue weighted by molar-refractivity contribution is -0.887. The van der Waals surface area contributed by atoms with Crippen molar-refractivity contribution in [3.05, 3.63) is 12.2 Å². The lowest BCUT2D eigenvalue weighted by Crippen LogP contribution is -2.50. The monoisotopic (exact) mass is 837 g/mol. The Kier molecular flexibility index (Phi) is 41.3. The molecule has 0 aliphatic carbocycles. The summed E-state index contributed by atoms with van der Waals surface area (Å²) >= 11 is 0. The van der Waals surface area contributed by atoms with Crippen molar-refractivity contribution in [2.75, 3.05) is 41.0 Å². The molecule has 0 spiro atoms. The summed E-state index contributed by atoms with van der Waals surface area (Å²) in [4.78, 5) is 37.0. The average Bonchev–Trinajstić information content (AvgIpc) is 3.19. The van der Waals surface area contributed by atoms with Crippen LogP contribution < -0.4 is 0 Å². The van der Waals surface area contributed by atoms with E-state index in [0.717, 1.165) is 38.5 Å². The van der Waals surface area contributed by atoms with E-state index >= 15 is 0 Å². The summed E-state index contributed by atoms with van der Waals surface area (Å²) in [7, 11) is 5.54. The Morgan fingerprint density at radius 2 is 0.847 bits per heavy atom. The van der Waals surface area contributed by atoms with Gasteiger partial charge in [-0.1, -0.05) is 199 Å². The molecule has 0 aromatic rings. The van der Waals surface area contributed by atoms with E-state index in [9.17, 15) is 19.5 Å². The van der Waals surface area contributed by atoms with E-state index in [1.807, 2.05) is 21.1 Å². The fourth-order valence-electron chi connectivity index (χ4n) is 7.74. The predicted octanol–water partition coefficient (Wildman–Crippen LogP) is 14.3. The maximum absolute atomic E-state index is 12.7. The van der Waals surface area contributed by atoms with Crippen LogP contribution in [0, 0.1) is 0 Å². The molecule has 0 saturated heterocycles. The fraction of sp³-hybridized carbons (Fsp3) is 0.902. The molecule has 1 N–H and O–H groups in total. The highest BCUT2D eigenvalue weighted by atomic mass is 16.6. The van der Waals surface area contributed by atoms with Crippen LogP contribution in [0.4, 0.5) is 0 Å². The first-order valence-electron chi connectivity index (χ1n) is 25.2. The molecule has 0 amide bonds. The van der Waals surface area contributed by atoms with Crippen LogP contribution in [0.1, 0.15) is 245 Å². The van der Waals surface area contributed by atoms with Crippen LogP contribution in [0.3, 0.4) is 0 Å². The largest absolute Gasteiger partial charge is 0.477 e. The minimum absolute atomic E-state index is 0.0471. The maximum atomic E-state index is 12.7. The van der Waals surface area contributed by atoms with E-state index in [4.69, 9.17) is 14.2 Å². The highest BCUT2D eigenvalue weighted by molar-refractivity contribution is 5.72. The van der Waals surface area contributed by atoms with Crippen LogP contribution in [0.2, 0.25) is 0 Å². The number of nitrogens with zero attached hydrogens (tertiary/aromatic N) is 1. The van der Waals surface area contributed by atoms with E-state index in [1.165, 1.54) is 173 Å². The SMILES string of the molecule is CCCCCCCCCCCCCC/C=C/CCCCCCCCCC(=O)OCC(COCCC(C(=O)O)[N+](C)(C)C)OC(=O)CCCCCCCCCCCCCC. The quantitative estimate of drug-likeness (QED) is 0.0282. The number of carbonyl (C=O) groups is 3. The summed E-state index contributed by atoms with van der Waals surface area (Å²) in [5.41, 5.74) is 0. The molecule has 0 heterocycles. The van der Waals surface area contributed by atoms with Gasteiger partial charge in [-0.2, -0.15) is 0 Å². The number of aliphatic carboxylic acids is 1. The smallest absolute Gasteiger partial charge is 0.362 e. The first-order valence-corrected chi connectivity index (χ1v) is 25.2. The maximum Gasteiger partial charge on any atom is 0.362 e. The molecule has 0 aromatic carbocycles. The fourth-order valence-corrected chi connectivity index (χ4v) is 7.74. The third-order valence-corrected chi connectivity index (χ3v) is 11.7. The van der Waals surface area contributed by atoms with Gasteiger partial charge in [0.2, 0.25) is 0 Å². The summed E-state index contributed by atoms with van der Waals surface area (Å²) in [6, 6.07) is -0.611. The molecule has 0 aromatic heterocycles. The number of esters is 2. The molecular formula is C51H98NO7+. The van der Waals surface area contributed by atoms with Gasteiger partial charge in [0.15, 0.2) is 12.1 Å². The molecule has 348 valence electrons. The zero-order valence-electron chi connectivity index (χ0n) is 39.7. The Balaban J connectivity index is 4.15. The summed E-state index contributed by atoms with van der Waals surface area (Å²) in [6.45, 7) is 4.77. The highest BCUT2D eigenvalue weighted by Crippen LogP contribution is 2.16. The van der Waals surface area contributed by atoms with Gasteiger partial charge in [0, 0.05) is 19.3 Å². The number of carboxylic acid groups (broad SMARTS) is 1. The van der Waals surface area contributed by atoms with Crippen LogP contribution in [-0.4, -0.2) is 80.6 Å². The second-order valence-electron chi connectivity index (χ2n) is 18.4. The Hall–Kier alpha value is -1.93. The molecule has 0 saturated carbocycles. The van der Waals surface area contributed by atoms with Crippen molar-refractivity contribution in [3.8, 4) is 0 Å². The second-order valence-corrected chi connectivity index (χ2v) is 18.4. The number of quaternary nitrogens is 1. The number of carbonyl (C=O) groups excluding carboxylic acids is 2. The molecule has 2 unspecified atom stereocenters. The summed E-state index contributed by atoms with van der Waals surface area (Å²) < 4.78 is 17.3. The first-order chi connectivity index (χ1) is 28.6. The molecule has 0 fully saturated rings. The Morgan fingerprint density at radius 1 is 0.492 bits per heavy atom. The topological polar surface area (TPSA) is 99.1 Å². The zero-order valence-corrected chi connectivity index (χ0v) is 39.7. The number of allylic oxidation sites excluding steroid dienone is 2. The predicted molar refractivity (Wildman–Crippen MR) is 248 cm³/mol. The van der Waals surface area contributed by atoms with Gasteiger partial charge in [0.25, 0.3) is 0 Å². The van der Waals surface area contributed by atoms with Crippen molar-refractivity contribution in [2.45, 2.75) is 257 Å².